The number of nitrogens with one attached hydrogen (secondary N) is 2. The molecule has 0 unspecified atom stereocenters. The van der Waals surface area contributed by atoms with Crippen molar-refractivity contribution in [1.82, 2.24) is 10.2 Å². The zero-order valence-corrected chi connectivity index (χ0v) is 18.1. The fourth-order valence-electron chi connectivity index (χ4n) is 4.26. The van der Waals surface area contributed by atoms with E-state index in [2.05, 4.69) is 55.7 Å². The molecule has 2 fully saturated rings. The fourth-order valence-corrected chi connectivity index (χ4v) is 4.26. The molecule has 4 heteroatoms. The van der Waals surface area contributed by atoms with Crippen LogP contribution in [0.1, 0.15) is 77.7 Å². The van der Waals surface area contributed by atoms with E-state index in [-0.39, 0.29) is 6.03 Å². The SMILES string of the molecule is CC(C)(C)CCc1ccc(NC2CCN(C(=O)NC3CCCCC3)CC2)cc1. The minimum absolute atomic E-state index is 0.147. The number of carbonyl (C=O) groups excluding carboxylic acids is 1. The van der Waals surface area contributed by atoms with E-state index in [1.165, 1.54) is 36.9 Å². The lowest BCUT2D eigenvalue weighted by Gasteiger charge is -2.34. The molecule has 1 aromatic rings. The highest BCUT2D eigenvalue weighted by atomic mass is 16.2. The number of urea groups is 1. The molecule has 2 aliphatic rings. The summed E-state index contributed by atoms with van der Waals surface area (Å²) >= 11 is 0. The summed E-state index contributed by atoms with van der Waals surface area (Å²) in [5.41, 5.74) is 2.99. The fraction of sp³-hybridized carbons (Fsp3) is 0.708. The van der Waals surface area contributed by atoms with Gasteiger partial charge >= 0.3 is 6.03 Å². The molecule has 0 aromatic heterocycles. The number of nitrogens with zero attached hydrogens (tertiary/aromatic N) is 1. The molecule has 2 amide bonds. The Kier molecular flexibility index (Phi) is 7.25. The first-order valence-corrected chi connectivity index (χ1v) is 11.3. The van der Waals surface area contributed by atoms with Gasteiger partial charge in [0.25, 0.3) is 0 Å². The standard InChI is InChI=1S/C24H39N3O/c1-24(2,3)16-13-19-9-11-21(12-10-19)25-22-14-17-27(18-15-22)23(28)26-20-7-5-4-6-8-20/h9-12,20,22,25H,4-8,13-18H2,1-3H3,(H,26,28). The molecule has 1 aliphatic heterocycles. The number of hydrogen-bond donors (Lipinski definition) is 2. The number of anilines is 1. The van der Waals surface area contributed by atoms with Gasteiger partial charge in [-0.1, -0.05) is 52.2 Å². The van der Waals surface area contributed by atoms with Crippen LogP contribution in [0.5, 0.6) is 0 Å². The summed E-state index contributed by atoms with van der Waals surface area (Å²) in [4.78, 5) is 14.5. The number of benzene rings is 1. The van der Waals surface area contributed by atoms with E-state index in [9.17, 15) is 4.79 Å². The maximum absolute atomic E-state index is 12.5. The summed E-state index contributed by atoms with van der Waals surface area (Å²) in [5.74, 6) is 0. The van der Waals surface area contributed by atoms with Crippen LogP contribution in [0.3, 0.4) is 0 Å². The zero-order valence-electron chi connectivity index (χ0n) is 18.1. The molecule has 2 N–H and O–H groups in total. The molecule has 0 radical (unpaired) electrons. The Morgan fingerprint density at radius 2 is 1.61 bits per heavy atom. The van der Waals surface area contributed by atoms with E-state index in [1.54, 1.807) is 0 Å². The molecule has 1 saturated heterocycles. The highest BCUT2D eigenvalue weighted by Gasteiger charge is 2.25. The van der Waals surface area contributed by atoms with Gasteiger partial charge in [-0.15, -0.1) is 0 Å². The second kappa shape index (κ2) is 9.67. The lowest BCUT2D eigenvalue weighted by atomic mass is 9.89. The Morgan fingerprint density at radius 3 is 2.21 bits per heavy atom. The molecule has 1 heterocycles. The molecular weight excluding hydrogens is 346 g/mol. The molecule has 1 aliphatic carbocycles. The van der Waals surface area contributed by atoms with Crippen LogP contribution in [0.4, 0.5) is 10.5 Å². The molecule has 1 saturated carbocycles. The molecule has 0 bridgehead atoms. The second-order valence-electron chi connectivity index (χ2n) is 9.95. The smallest absolute Gasteiger partial charge is 0.317 e. The first kappa shape index (κ1) is 21.0. The maximum atomic E-state index is 12.5. The molecule has 0 spiro atoms. The summed E-state index contributed by atoms with van der Waals surface area (Å²) in [7, 11) is 0. The van der Waals surface area contributed by atoms with E-state index in [0.29, 0.717) is 17.5 Å². The van der Waals surface area contributed by atoms with Crippen LogP contribution in [-0.2, 0) is 6.42 Å². The molecular formula is C24H39N3O. The third kappa shape index (κ3) is 6.72. The van der Waals surface area contributed by atoms with Gasteiger partial charge in [0.15, 0.2) is 0 Å². The Hall–Kier alpha value is -1.71. The van der Waals surface area contributed by atoms with Gasteiger partial charge in [-0.25, -0.2) is 4.79 Å². The van der Waals surface area contributed by atoms with Gasteiger partial charge in [-0.05, 0) is 61.6 Å². The number of hydrogen-bond acceptors (Lipinski definition) is 2. The van der Waals surface area contributed by atoms with Gasteiger partial charge in [0.1, 0.15) is 0 Å². The maximum Gasteiger partial charge on any atom is 0.317 e. The summed E-state index contributed by atoms with van der Waals surface area (Å²) in [6.45, 7) is 8.58. The van der Waals surface area contributed by atoms with Crippen LogP contribution in [0.25, 0.3) is 0 Å². The van der Waals surface area contributed by atoms with Crippen molar-refractivity contribution in [3.8, 4) is 0 Å². The van der Waals surface area contributed by atoms with Crippen molar-refractivity contribution >= 4 is 11.7 Å². The van der Waals surface area contributed by atoms with Gasteiger partial charge < -0.3 is 15.5 Å². The number of aryl methyl sites for hydroxylation is 1. The summed E-state index contributed by atoms with van der Waals surface area (Å²) in [6.07, 6.45) is 10.5. The normalized spacial score (nSPS) is 19.5. The van der Waals surface area contributed by atoms with Crippen molar-refractivity contribution in [3.05, 3.63) is 29.8 Å². The summed E-state index contributed by atoms with van der Waals surface area (Å²) < 4.78 is 0. The van der Waals surface area contributed by atoms with Gasteiger partial charge in [0, 0.05) is 30.9 Å². The van der Waals surface area contributed by atoms with Crippen LogP contribution >= 0.6 is 0 Å². The van der Waals surface area contributed by atoms with Gasteiger partial charge in [0.2, 0.25) is 0 Å². The average Bonchev–Trinajstić information content (AvgIpc) is 2.68. The van der Waals surface area contributed by atoms with E-state index in [0.717, 1.165) is 45.2 Å². The highest BCUT2D eigenvalue weighted by Crippen LogP contribution is 2.23. The van der Waals surface area contributed by atoms with Crippen molar-refractivity contribution in [2.24, 2.45) is 5.41 Å². The predicted molar refractivity (Wildman–Crippen MR) is 118 cm³/mol. The van der Waals surface area contributed by atoms with Crippen LogP contribution in [0.15, 0.2) is 24.3 Å². The van der Waals surface area contributed by atoms with E-state index in [1.807, 2.05) is 4.90 Å². The first-order valence-electron chi connectivity index (χ1n) is 11.3. The number of rotatable bonds is 5. The molecule has 3 rings (SSSR count). The van der Waals surface area contributed by atoms with Crippen molar-refractivity contribution in [3.63, 3.8) is 0 Å². The third-order valence-corrected chi connectivity index (χ3v) is 6.20. The Balaban J connectivity index is 1.39. The van der Waals surface area contributed by atoms with Crippen LogP contribution in [0.2, 0.25) is 0 Å². The predicted octanol–water partition coefficient (Wildman–Crippen LogP) is 5.58. The third-order valence-electron chi connectivity index (χ3n) is 6.20. The highest BCUT2D eigenvalue weighted by molar-refractivity contribution is 5.74. The monoisotopic (exact) mass is 385 g/mol. The lowest BCUT2D eigenvalue weighted by Crippen LogP contribution is -2.49. The van der Waals surface area contributed by atoms with Crippen LogP contribution < -0.4 is 10.6 Å². The van der Waals surface area contributed by atoms with Crippen molar-refractivity contribution in [2.75, 3.05) is 18.4 Å². The van der Waals surface area contributed by atoms with Crippen molar-refractivity contribution in [1.29, 1.82) is 0 Å². The van der Waals surface area contributed by atoms with Crippen LogP contribution in [-0.4, -0.2) is 36.1 Å². The number of piperidine rings is 1. The second-order valence-corrected chi connectivity index (χ2v) is 9.95. The van der Waals surface area contributed by atoms with E-state index in [4.69, 9.17) is 0 Å². The Labute approximate surface area is 171 Å². The topological polar surface area (TPSA) is 44.4 Å². The average molecular weight is 386 g/mol. The largest absolute Gasteiger partial charge is 0.382 e. The van der Waals surface area contributed by atoms with E-state index >= 15 is 0 Å². The summed E-state index contributed by atoms with van der Waals surface area (Å²) in [6, 6.07) is 9.92. The zero-order chi connectivity index (χ0) is 20.0. The minimum Gasteiger partial charge on any atom is -0.382 e. The first-order chi connectivity index (χ1) is 13.4. The molecule has 1 aromatic carbocycles. The van der Waals surface area contributed by atoms with Gasteiger partial charge in [-0.3, -0.25) is 0 Å². The van der Waals surface area contributed by atoms with Crippen LogP contribution in [0, 0.1) is 5.41 Å². The van der Waals surface area contributed by atoms with Crippen molar-refractivity contribution in [2.45, 2.75) is 90.6 Å². The van der Waals surface area contributed by atoms with Gasteiger partial charge in [0.05, 0.1) is 0 Å². The molecule has 4 nitrogen and oxygen atoms in total. The Morgan fingerprint density at radius 1 is 0.964 bits per heavy atom. The summed E-state index contributed by atoms with van der Waals surface area (Å²) in [5, 5.41) is 6.91. The number of amides is 2. The Bertz CT molecular complexity index is 606. The number of likely N-dealkylation sites (tertiary alicyclic amines) is 1. The molecule has 28 heavy (non-hydrogen) atoms. The molecule has 156 valence electrons. The van der Waals surface area contributed by atoms with Crippen molar-refractivity contribution < 1.29 is 4.79 Å². The van der Waals surface area contributed by atoms with Gasteiger partial charge in [-0.2, -0.15) is 0 Å². The quantitative estimate of drug-likeness (QED) is 0.694. The molecule has 0 atom stereocenters. The number of carbonyl (C=O) groups is 1. The van der Waals surface area contributed by atoms with E-state index < -0.39 is 0 Å². The lowest BCUT2D eigenvalue weighted by molar-refractivity contribution is 0.176. The minimum atomic E-state index is 0.147.